The molecular weight excluding hydrogens is 332 g/mol. The number of furan rings is 1. The molecule has 0 saturated carbocycles. The second kappa shape index (κ2) is 5.36. The molecule has 1 aromatic carbocycles. The van der Waals surface area contributed by atoms with Crippen LogP contribution >= 0.6 is 15.9 Å². The summed E-state index contributed by atoms with van der Waals surface area (Å²) in [5.74, 6) is 0.743. The molecule has 0 bridgehead atoms. The third-order valence-corrected chi connectivity index (χ3v) is 3.96. The summed E-state index contributed by atoms with van der Waals surface area (Å²) in [6.07, 6.45) is 0. The van der Waals surface area contributed by atoms with Crippen LogP contribution in [0, 0.1) is 6.92 Å². The van der Waals surface area contributed by atoms with Gasteiger partial charge >= 0.3 is 0 Å². The first-order chi connectivity index (χ1) is 8.86. The lowest BCUT2D eigenvalue weighted by Crippen LogP contribution is -2.12. The molecule has 5 nitrogen and oxygen atoms in total. The molecule has 0 fully saturated rings. The highest BCUT2D eigenvalue weighted by Gasteiger charge is 2.10. The maximum Gasteiger partial charge on any atom is 0.238 e. The molecule has 1 heterocycles. The van der Waals surface area contributed by atoms with Gasteiger partial charge in [0.2, 0.25) is 10.0 Å². The van der Waals surface area contributed by atoms with Gasteiger partial charge in [0.15, 0.2) is 4.67 Å². The van der Waals surface area contributed by atoms with E-state index in [0.29, 0.717) is 16.9 Å². The van der Waals surface area contributed by atoms with Crippen LogP contribution in [-0.2, 0) is 16.6 Å². The van der Waals surface area contributed by atoms with Crippen molar-refractivity contribution >= 4 is 31.6 Å². The van der Waals surface area contributed by atoms with Crippen molar-refractivity contribution in [3.8, 4) is 0 Å². The Morgan fingerprint density at radius 3 is 2.63 bits per heavy atom. The van der Waals surface area contributed by atoms with Crippen LogP contribution in [0.5, 0.6) is 0 Å². The molecule has 0 aliphatic rings. The Kier molecular flexibility index (Phi) is 3.98. The van der Waals surface area contributed by atoms with E-state index in [-0.39, 0.29) is 4.90 Å². The summed E-state index contributed by atoms with van der Waals surface area (Å²) in [5.41, 5.74) is 1.64. The predicted molar refractivity (Wildman–Crippen MR) is 76.3 cm³/mol. The molecule has 0 saturated heterocycles. The smallest absolute Gasteiger partial charge is 0.238 e. The largest absolute Gasteiger partial charge is 0.452 e. The topological polar surface area (TPSA) is 85.3 Å². The summed E-state index contributed by atoms with van der Waals surface area (Å²) in [6, 6.07) is 8.34. The molecule has 3 N–H and O–H groups in total. The summed E-state index contributed by atoms with van der Waals surface area (Å²) in [4.78, 5) is 0.0845. The zero-order valence-corrected chi connectivity index (χ0v) is 12.6. The van der Waals surface area contributed by atoms with Crippen molar-refractivity contribution in [2.24, 2.45) is 5.14 Å². The van der Waals surface area contributed by atoms with Gasteiger partial charge in [0.05, 0.1) is 11.4 Å². The molecule has 7 heteroatoms. The van der Waals surface area contributed by atoms with E-state index in [4.69, 9.17) is 9.56 Å². The zero-order chi connectivity index (χ0) is 14.0. The second-order valence-electron chi connectivity index (χ2n) is 4.08. The van der Waals surface area contributed by atoms with Crippen LogP contribution in [-0.4, -0.2) is 8.42 Å². The highest BCUT2D eigenvalue weighted by Crippen LogP contribution is 2.21. The number of hydrogen-bond acceptors (Lipinski definition) is 4. The van der Waals surface area contributed by atoms with Crippen LogP contribution in [0.2, 0.25) is 0 Å². The number of anilines is 1. The van der Waals surface area contributed by atoms with Gasteiger partial charge in [-0.25, -0.2) is 13.6 Å². The van der Waals surface area contributed by atoms with Crippen LogP contribution in [0.15, 0.2) is 44.3 Å². The molecule has 0 amide bonds. The van der Waals surface area contributed by atoms with Crippen LogP contribution < -0.4 is 10.5 Å². The number of nitrogens with two attached hydrogens (primary N) is 1. The fraction of sp³-hybridized carbons (Fsp3) is 0.167. The molecule has 0 radical (unpaired) electrons. The average Bonchev–Trinajstić information content (AvgIpc) is 2.72. The number of halogens is 1. The summed E-state index contributed by atoms with van der Waals surface area (Å²) >= 11 is 3.22. The van der Waals surface area contributed by atoms with Crippen LogP contribution in [0.4, 0.5) is 5.69 Å². The highest BCUT2D eigenvalue weighted by atomic mass is 79.9. The molecular formula is C12H13BrN2O3S. The Morgan fingerprint density at radius 2 is 2.05 bits per heavy atom. The van der Waals surface area contributed by atoms with Crippen LogP contribution in [0.1, 0.15) is 11.3 Å². The molecule has 0 aliphatic heterocycles. The number of hydrogen-bond donors (Lipinski definition) is 2. The number of rotatable bonds is 4. The Labute approximate surface area is 120 Å². The minimum Gasteiger partial charge on any atom is -0.452 e. The summed E-state index contributed by atoms with van der Waals surface area (Å²) in [7, 11) is -3.69. The van der Waals surface area contributed by atoms with Gasteiger partial charge in [0.1, 0.15) is 5.76 Å². The number of sulfonamides is 1. The van der Waals surface area contributed by atoms with Crippen LogP contribution in [0.25, 0.3) is 0 Å². The highest BCUT2D eigenvalue weighted by molar-refractivity contribution is 9.10. The Morgan fingerprint density at radius 1 is 1.32 bits per heavy atom. The number of benzene rings is 1. The molecule has 102 valence electrons. The average molecular weight is 345 g/mol. The fourth-order valence-electron chi connectivity index (χ4n) is 1.60. The normalized spacial score (nSPS) is 11.5. The number of nitrogens with one attached hydrogen (secondary N) is 1. The molecule has 0 aliphatic carbocycles. The van der Waals surface area contributed by atoms with Gasteiger partial charge in [-0.2, -0.15) is 0 Å². The molecule has 0 spiro atoms. The summed E-state index contributed by atoms with van der Waals surface area (Å²) < 4.78 is 28.6. The third kappa shape index (κ3) is 3.59. The zero-order valence-electron chi connectivity index (χ0n) is 10.2. The quantitative estimate of drug-likeness (QED) is 0.892. The first-order valence-corrected chi connectivity index (χ1v) is 7.82. The van der Waals surface area contributed by atoms with Gasteiger partial charge in [-0.3, -0.25) is 0 Å². The van der Waals surface area contributed by atoms with E-state index in [2.05, 4.69) is 21.2 Å². The summed E-state index contributed by atoms with van der Waals surface area (Å²) in [5, 5.41) is 8.23. The lowest BCUT2D eigenvalue weighted by Gasteiger charge is -2.09. The van der Waals surface area contributed by atoms with Crippen molar-refractivity contribution < 1.29 is 12.8 Å². The Bertz CT molecular complexity index is 695. The Balaban J connectivity index is 2.20. The third-order valence-electron chi connectivity index (χ3n) is 2.62. The maximum atomic E-state index is 11.3. The lowest BCUT2D eigenvalue weighted by atomic mass is 10.2. The van der Waals surface area contributed by atoms with Gasteiger partial charge in [0.25, 0.3) is 0 Å². The van der Waals surface area contributed by atoms with Crippen molar-refractivity contribution in [1.29, 1.82) is 0 Å². The SMILES string of the molecule is Cc1ccc(S(N)(=O)=O)cc1NCc1ccc(Br)o1. The van der Waals surface area contributed by atoms with Crippen molar-refractivity contribution in [3.63, 3.8) is 0 Å². The predicted octanol–water partition coefficient (Wildman–Crippen LogP) is 2.61. The van der Waals surface area contributed by atoms with Crippen molar-refractivity contribution in [1.82, 2.24) is 0 Å². The standard InChI is InChI=1S/C12H13BrN2O3S/c1-8-2-4-10(19(14,16)17)6-11(8)15-7-9-3-5-12(13)18-9/h2-6,15H,7H2,1H3,(H2,14,16,17). The molecule has 1 aromatic heterocycles. The first-order valence-electron chi connectivity index (χ1n) is 5.48. The van der Waals surface area contributed by atoms with Crippen LogP contribution in [0.3, 0.4) is 0 Å². The first kappa shape index (κ1) is 14.1. The molecule has 2 rings (SSSR count). The van der Waals surface area contributed by atoms with Crippen molar-refractivity contribution in [2.75, 3.05) is 5.32 Å². The fourth-order valence-corrected chi connectivity index (χ4v) is 2.48. The van der Waals surface area contributed by atoms with Crippen molar-refractivity contribution in [2.45, 2.75) is 18.4 Å². The molecule has 0 unspecified atom stereocenters. The maximum absolute atomic E-state index is 11.3. The van der Waals surface area contributed by atoms with E-state index in [0.717, 1.165) is 11.3 Å². The van der Waals surface area contributed by atoms with E-state index in [1.807, 2.05) is 13.0 Å². The van der Waals surface area contributed by atoms with Gasteiger partial charge < -0.3 is 9.73 Å². The van der Waals surface area contributed by atoms with E-state index in [1.54, 1.807) is 12.1 Å². The minimum atomic E-state index is -3.69. The Hall–Kier alpha value is -1.31. The van der Waals surface area contributed by atoms with E-state index in [9.17, 15) is 8.42 Å². The van der Waals surface area contributed by atoms with E-state index < -0.39 is 10.0 Å². The van der Waals surface area contributed by atoms with E-state index >= 15 is 0 Å². The molecule has 19 heavy (non-hydrogen) atoms. The van der Waals surface area contributed by atoms with Gasteiger partial charge in [-0.1, -0.05) is 6.07 Å². The monoisotopic (exact) mass is 344 g/mol. The van der Waals surface area contributed by atoms with Gasteiger partial charge in [-0.05, 0) is 52.7 Å². The number of aryl methyl sites for hydroxylation is 1. The minimum absolute atomic E-state index is 0.0845. The second-order valence-corrected chi connectivity index (χ2v) is 6.42. The summed E-state index contributed by atoms with van der Waals surface area (Å²) in [6.45, 7) is 2.34. The van der Waals surface area contributed by atoms with Gasteiger partial charge in [-0.15, -0.1) is 0 Å². The lowest BCUT2D eigenvalue weighted by molar-refractivity contribution is 0.495. The number of primary sulfonamides is 1. The van der Waals surface area contributed by atoms with Crippen molar-refractivity contribution in [3.05, 3.63) is 46.3 Å². The molecule has 0 atom stereocenters. The van der Waals surface area contributed by atoms with Gasteiger partial charge in [0, 0.05) is 5.69 Å². The van der Waals surface area contributed by atoms with E-state index in [1.165, 1.54) is 12.1 Å². The molecule has 2 aromatic rings.